The summed E-state index contributed by atoms with van der Waals surface area (Å²) >= 11 is 6.17. The molecular formula is C12H14ClN3O2. The van der Waals surface area contributed by atoms with E-state index in [0.29, 0.717) is 17.1 Å². The molecule has 0 aliphatic carbocycles. The van der Waals surface area contributed by atoms with Gasteiger partial charge in [-0.05, 0) is 19.5 Å². The molecule has 0 spiro atoms. The van der Waals surface area contributed by atoms with E-state index >= 15 is 0 Å². The minimum atomic E-state index is -0.417. The van der Waals surface area contributed by atoms with Gasteiger partial charge in [0.25, 0.3) is 5.69 Å². The van der Waals surface area contributed by atoms with Crippen molar-refractivity contribution >= 4 is 23.0 Å². The number of fused-ring (bicyclic) bond motifs is 2. The monoisotopic (exact) mass is 267 g/mol. The van der Waals surface area contributed by atoms with E-state index in [9.17, 15) is 10.1 Å². The number of likely N-dealkylation sites (tertiary alicyclic amines) is 1. The fourth-order valence-electron chi connectivity index (χ4n) is 3.00. The van der Waals surface area contributed by atoms with Gasteiger partial charge in [0.2, 0.25) is 0 Å². The summed E-state index contributed by atoms with van der Waals surface area (Å²) in [5, 5.41) is 11.2. The van der Waals surface area contributed by atoms with Gasteiger partial charge in [0.1, 0.15) is 0 Å². The number of hydrogen-bond donors (Lipinski definition) is 0. The third-order valence-corrected chi connectivity index (χ3v) is 4.27. The summed E-state index contributed by atoms with van der Waals surface area (Å²) in [6, 6.07) is 5.80. The van der Waals surface area contributed by atoms with Crippen LogP contribution >= 0.6 is 11.6 Å². The van der Waals surface area contributed by atoms with Gasteiger partial charge in [-0.1, -0.05) is 11.6 Å². The molecule has 0 N–H and O–H groups in total. The highest BCUT2D eigenvalue weighted by molar-refractivity contribution is 6.33. The third-order valence-electron chi connectivity index (χ3n) is 3.97. The summed E-state index contributed by atoms with van der Waals surface area (Å²) in [5.74, 6) is 0. The molecule has 2 bridgehead atoms. The van der Waals surface area contributed by atoms with Crippen LogP contribution in [0.3, 0.4) is 0 Å². The fourth-order valence-corrected chi connectivity index (χ4v) is 3.29. The Morgan fingerprint density at radius 1 is 1.39 bits per heavy atom. The summed E-state index contributed by atoms with van der Waals surface area (Å²) < 4.78 is 0. The summed E-state index contributed by atoms with van der Waals surface area (Å²) in [7, 11) is 2.14. The zero-order chi connectivity index (χ0) is 12.9. The normalized spacial score (nSPS) is 26.9. The van der Waals surface area contributed by atoms with Crippen LogP contribution in [0.4, 0.5) is 11.4 Å². The van der Waals surface area contributed by atoms with Crippen LogP contribution in [0.2, 0.25) is 5.02 Å². The van der Waals surface area contributed by atoms with E-state index in [2.05, 4.69) is 16.8 Å². The van der Waals surface area contributed by atoms with Crippen molar-refractivity contribution in [2.75, 3.05) is 25.0 Å². The fraction of sp³-hybridized carbons (Fsp3) is 0.500. The number of anilines is 1. The average molecular weight is 268 g/mol. The number of rotatable bonds is 2. The molecule has 2 aliphatic heterocycles. The Bertz CT molecular complexity index is 506. The molecule has 1 aromatic rings. The first-order valence-electron chi connectivity index (χ1n) is 5.97. The van der Waals surface area contributed by atoms with Crippen LogP contribution in [0.5, 0.6) is 0 Å². The van der Waals surface area contributed by atoms with Crippen LogP contribution in [0.25, 0.3) is 0 Å². The molecule has 2 aliphatic rings. The lowest BCUT2D eigenvalue weighted by molar-refractivity contribution is -0.384. The van der Waals surface area contributed by atoms with Gasteiger partial charge in [0, 0.05) is 37.3 Å². The Morgan fingerprint density at radius 2 is 2.17 bits per heavy atom. The van der Waals surface area contributed by atoms with E-state index in [1.165, 1.54) is 12.1 Å². The Morgan fingerprint density at radius 3 is 2.67 bits per heavy atom. The molecule has 6 heteroatoms. The number of likely N-dealkylation sites (N-methyl/N-ethyl adjacent to an activating group) is 1. The number of benzene rings is 1. The zero-order valence-electron chi connectivity index (χ0n) is 10.0. The van der Waals surface area contributed by atoms with Gasteiger partial charge in [0.15, 0.2) is 0 Å². The second-order valence-electron chi connectivity index (χ2n) is 5.03. The summed E-state index contributed by atoms with van der Waals surface area (Å²) in [4.78, 5) is 14.9. The van der Waals surface area contributed by atoms with Crippen molar-refractivity contribution in [3.8, 4) is 0 Å². The van der Waals surface area contributed by atoms with Crippen LogP contribution in [0.1, 0.15) is 6.42 Å². The van der Waals surface area contributed by atoms with Crippen LogP contribution in [0, 0.1) is 10.1 Å². The maximum absolute atomic E-state index is 10.7. The van der Waals surface area contributed by atoms with Crippen molar-refractivity contribution in [2.45, 2.75) is 18.5 Å². The molecule has 0 amide bonds. The molecule has 2 saturated heterocycles. The SMILES string of the molecule is CN1C[C@@H]2C[C@H]1CN2c1ccc([N+](=O)[O-])cc1Cl. The second-order valence-corrected chi connectivity index (χ2v) is 5.44. The van der Waals surface area contributed by atoms with E-state index in [0.717, 1.165) is 25.2 Å². The molecule has 0 radical (unpaired) electrons. The van der Waals surface area contributed by atoms with E-state index in [4.69, 9.17) is 11.6 Å². The van der Waals surface area contributed by atoms with E-state index in [1.54, 1.807) is 6.07 Å². The van der Waals surface area contributed by atoms with Crippen LogP contribution in [0.15, 0.2) is 18.2 Å². The molecule has 2 fully saturated rings. The predicted octanol–water partition coefficient (Wildman–Crippen LogP) is 2.14. The second kappa shape index (κ2) is 4.10. The van der Waals surface area contributed by atoms with E-state index in [1.807, 2.05) is 0 Å². The Balaban J connectivity index is 1.88. The summed E-state index contributed by atoms with van der Waals surface area (Å²) in [5.41, 5.74) is 0.966. The number of nitro benzene ring substituents is 1. The Kier molecular flexibility index (Phi) is 2.68. The van der Waals surface area contributed by atoms with Gasteiger partial charge in [-0.25, -0.2) is 0 Å². The topological polar surface area (TPSA) is 49.6 Å². The Hall–Kier alpha value is -1.33. The molecule has 96 valence electrons. The third kappa shape index (κ3) is 1.74. The molecule has 2 heterocycles. The number of halogens is 1. The maximum atomic E-state index is 10.7. The first-order chi connectivity index (χ1) is 8.56. The van der Waals surface area contributed by atoms with E-state index < -0.39 is 4.92 Å². The molecule has 3 rings (SSSR count). The highest BCUT2D eigenvalue weighted by Gasteiger charge is 2.42. The Labute approximate surface area is 110 Å². The maximum Gasteiger partial charge on any atom is 0.271 e. The number of nitro groups is 1. The summed E-state index contributed by atoms with van der Waals surface area (Å²) in [6.07, 6.45) is 1.16. The first-order valence-corrected chi connectivity index (χ1v) is 6.35. The molecule has 0 saturated carbocycles. The lowest BCUT2D eigenvalue weighted by Gasteiger charge is -2.34. The van der Waals surface area contributed by atoms with Crippen LogP contribution in [-0.2, 0) is 0 Å². The molecule has 0 unspecified atom stereocenters. The van der Waals surface area contributed by atoms with Gasteiger partial charge < -0.3 is 4.90 Å². The highest BCUT2D eigenvalue weighted by Crippen LogP contribution is 2.38. The van der Waals surface area contributed by atoms with Gasteiger partial charge >= 0.3 is 0 Å². The van der Waals surface area contributed by atoms with Gasteiger partial charge in [-0.15, -0.1) is 0 Å². The van der Waals surface area contributed by atoms with Gasteiger partial charge in [-0.2, -0.15) is 0 Å². The van der Waals surface area contributed by atoms with Crippen LogP contribution in [-0.4, -0.2) is 42.0 Å². The molecule has 5 nitrogen and oxygen atoms in total. The quantitative estimate of drug-likeness (QED) is 0.608. The lowest BCUT2D eigenvalue weighted by Crippen LogP contribution is -2.44. The van der Waals surface area contributed by atoms with Crippen molar-refractivity contribution in [1.29, 1.82) is 0 Å². The smallest absolute Gasteiger partial charge is 0.271 e. The van der Waals surface area contributed by atoms with Crippen molar-refractivity contribution in [2.24, 2.45) is 0 Å². The number of nitrogens with zero attached hydrogens (tertiary/aromatic N) is 3. The van der Waals surface area contributed by atoms with Crippen molar-refractivity contribution < 1.29 is 4.92 Å². The van der Waals surface area contributed by atoms with Crippen molar-refractivity contribution in [3.05, 3.63) is 33.3 Å². The predicted molar refractivity (Wildman–Crippen MR) is 70.3 cm³/mol. The molecule has 18 heavy (non-hydrogen) atoms. The number of non-ortho nitro benzene ring substituents is 1. The molecule has 2 atom stereocenters. The summed E-state index contributed by atoms with van der Waals surface area (Å²) in [6.45, 7) is 2.00. The van der Waals surface area contributed by atoms with Crippen LogP contribution < -0.4 is 4.90 Å². The largest absolute Gasteiger partial charge is 0.364 e. The zero-order valence-corrected chi connectivity index (χ0v) is 10.8. The lowest BCUT2D eigenvalue weighted by atomic mass is 10.2. The highest BCUT2D eigenvalue weighted by atomic mass is 35.5. The van der Waals surface area contributed by atoms with Gasteiger partial charge in [-0.3, -0.25) is 15.0 Å². The minimum absolute atomic E-state index is 0.0465. The van der Waals surface area contributed by atoms with Crippen molar-refractivity contribution in [3.63, 3.8) is 0 Å². The minimum Gasteiger partial charge on any atom is -0.364 e. The van der Waals surface area contributed by atoms with Gasteiger partial charge in [0.05, 0.1) is 15.6 Å². The van der Waals surface area contributed by atoms with E-state index in [-0.39, 0.29) is 5.69 Å². The molecular weight excluding hydrogens is 254 g/mol. The average Bonchev–Trinajstić information content (AvgIpc) is 2.87. The molecule has 1 aromatic carbocycles. The first kappa shape index (κ1) is 11.7. The number of piperazine rings is 1. The standard InChI is InChI=1S/C12H14ClN3O2/c1-14-6-10-4-9(14)7-15(10)12-3-2-8(16(17)18)5-11(12)13/h2-3,5,9-10H,4,6-7H2,1H3/t9-,10-/m0/s1. The van der Waals surface area contributed by atoms with Crippen molar-refractivity contribution in [1.82, 2.24) is 4.90 Å². The number of hydrogen-bond acceptors (Lipinski definition) is 4. The molecule has 0 aromatic heterocycles.